The summed E-state index contributed by atoms with van der Waals surface area (Å²) in [6.07, 6.45) is 0.589. The third kappa shape index (κ3) is 7.18. The number of hydrogen-bond acceptors (Lipinski definition) is 8. The number of thioether (sulfide) groups is 1. The Kier molecular flexibility index (Phi) is 9.55. The van der Waals surface area contributed by atoms with Crippen LogP contribution < -0.4 is 14.8 Å². The van der Waals surface area contributed by atoms with Crippen molar-refractivity contribution in [2.24, 2.45) is 12.1 Å². The molecule has 1 aliphatic heterocycles. The summed E-state index contributed by atoms with van der Waals surface area (Å²) in [6, 6.07) is 24.5. The SMILES string of the molecule is COc1ccc(C2CC(c3ccc(Br)cc3)=NN2C(=O)CSc2nnc(CNC(=O)COc3ccccc3)n2C)cc1. The molecule has 1 aromatic heterocycles. The van der Waals surface area contributed by atoms with Crippen LogP contribution in [0.3, 0.4) is 0 Å². The number of nitrogens with zero attached hydrogens (tertiary/aromatic N) is 5. The maximum Gasteiger partial charge on any atom is 0.258 e. The van der Waals surface area contributed by atoms with E-state index in [9.17, 15) is 9.59 Å². The number of hydrogen-bond donors (Lipinski definition) is 1. The molecule has 1 N–H and O–H groups in total. The van der Waals surface area contributed by atoms with Crippen LogP contribution in [0.2, 0.25) is 0 Å². The number of rotatable bonds is 11. The minimum Gasteiger partial charge on any atom is -0.497 e. The molecular formula is C30H29BrN6O4S. The first kappa shape index (κ1) is 29.3. The lowest BCUT2D eigenvalue weighted by Crippen LogP contribution is -2.29. The van der Waals surface area contributed by atoms with Crippen molar-refractivity contribution in [1.29, 1.82) is 0 Å². The Hall–Kier alpha value is -4.16. The van der Waals surface area contributed by atoms with Crippen molar-refractivity contribution in [2.75, 3.05) is 19.5 Å². The molecule has 1 atom stereocenters. The number of benzene rings is 3. The van der Waals surface area contributed by atoms with Gasteiger partial charge in [-0.3, -0.25) is 9.59 Å². The van der Waals surface area contributed by atoms with Crippen LogP contribution in [0, 0.1) is 0 Å². The van der Waals surface area contributed by atoms with Crippen LogP contribution in [-0.2, 0) is 23.2 Å². The summed E-state index contributed by atoms with van der Waals surface area (Å²) in [5.74, 6) is 1.62. The summed E-state index contributed by atoms with van der Waals surface area (Å²) in [5, 5.41) is 18.1. The van der Waals surface area contributed by atoms with E-state index in [4.69, 9.17) is 14.6 Å². The van der Waals surface area contributed by atoms with Crippen LogP contribution in [0.5, 0.6) is 11.5 Å². The van der Waals surface area contributed by atoms with Crippen molar-refractivity contribution in [3.8, 4) is 11.5 Å². The van der Waals surface area contributed by atoms with Crippen molar-refractivity contribution in [3.63, 3.8) is 0 Å². The van der Waals surface area contributed by atoms with E-state index >= 15 is 0 Å². The van der Waals surface area contributed by atoms with Gasteiger partial charge in [0, 0.05) is 17.9 Å². The fourth-order valence-corrected chi connectivity index (χ4v) is 5.40. The Labute approximate surface area is 256 Å². The molecule has 1 aliphatic rings. The van der Waals surface area contributed by atoms with Gasteiger partial charge in [0.1, 0.15) is 11.5 Å². The Bertz CT molecular complexity index is 1560. The van der Waals surface area contributed by atoms with Gasteiger partial charge in [0.2, 0.25) is 0 Å². The number of amides is 2. The topological polar surface area (TPSA) is 111 Å². The first-order chi connectivity index (χ1) is 20.4. The van der Waals surface area contributed by atoms with Crippen molar-refractivity contribution < 1.29 is 19.1 Å². The fraction of sp³-hybridized carbons (Fsp3) is 0.233. The summed E-state index contributed by atoms with van der Waals surface area (Å²) in [6.45, 7) is 0.0768. The molecule has 0 saturated carbocycles. The monoisotopic (exact) mass is 648 g/mol. The number of para-hydroxylation sites is 1. The van der Waals surface area contributed by atoms with Gasteiger partial charge in [0.15, 0.2) is 17.6 Å². The van der Waals surface area contributed by atoms with Gasteiger partial charge in [-0.25, -0.2) is 5.01 Å². The molecule has 0 fully saturated rings. The highest BCUT2D eigenvalue weighted by Gasteiger charge is 2.33. The Morgan fingerprint density at radius 2 is 1.74 bits per heavy atom. The first-order valence-electron chi connectivity index (χ1n) is 13.2. The summed E-state index contributed by atoms with van der Waals surface area (Å²) in [7, 11) is 3.42. The third-order valence-corrected chi connectivity index (χ3v) is 8.18. The zero-order chi connectivity index (χ0) is 29.5. The van der Waals surface area contributed by atoms with E-state index in [1.54, 1.807) is 35.9 Å². The lowest BCUT2D eigenvalue weighted by molar-refractivity contribution is -0.130. The van der Waals surface area contributed by atoms with Crippen molar-refractivity contribution in [3.05, 3.63) is 100 Å². The van der Waals surface area contributed by atoms with Crippen molar-refractivity contribution in [1.82, 2.24) is 25.1 Å². The van der Waals surface area contributed by atoms with E-state index in [0.29, 0.717) is 23.2 Å². The highest BCUT2D eigenvalue weighted by molar-refractivity contribution is 9.10. The van der Waals surface area contributed by atoms with Gasteiger partial charge in [0.25, 0.3) is 11.8 Å². The van der Waals surface area contributed by atoms with Gasteiger partial charge < -0.3 is 19.4 Å². The molecule has 10 nitrogen and oxygen atoms in total. The van der Waals surface area contributed by atoms with Crippen LogP contribution in [0.1, 0.15) is 29.4 Å². The van der Waals surface area contributed by atoms with Gasteiger partial charge in [-0.15, -0.1) is 10.2 Å². The number of carbonyl (C=O) groups excluding carboxylic acids is 2. The van der Waals surface area contributed by atoms with Crippen molar-refractivity contribution in [2.45, 2.75) is 24.2 Å². The maximum absolute atomic E-state index is 13.5. The smallest absolute Gasteiger partial charge is 0.258 e. The van der Waals surface area contributed by atoms with Crippen LogP contribution in [0.4, 0.5) is 0 Å². The second kappa shape index (κ2) is 13.7. The first-order valence-corrected chi connectivity index (χ1v) is 14.9. The largest absolute Gasteiger partial charge is 0.497 e. The Morgan fingerprint density at radius 3 is 2.45 bits per heavy atom. The average Bonchev–Trinajstić information content (AvgIpc) is 3.62. The molecule has 0 saturated heterocycles. The molecule has 42 heavy (non-hydrogen) atoms. The van der Waals surface area contributed by atoms with E-state index < -0.39 is 0 Å². The standard InChI is InChI=1S/C30H29BrN6O4S/c1-36-27(17-32-28(38)18-41-24-6-4-3-5-7-24)33-34-30(36)42-19-29(39)37-26(21-10-14-23(40-2)15-11-21)16-25(35-37)20-8-12-22(31)13-9-20/h3-15,26H,16-19H2,1-2H3,(H,32,38). The van der Waals surface area contributed by atoms with Crippen molar-refractivity contribution >= 4 is 45.2 Å². The fourth-order valence-electron chi connectivity index (χ4n) is 4.35. The van der Waals surface area contributed by atoms with Crippen LogP contribution >= 0.6 is 27.7 Å². The molecule has 1 unspecified atom stereocenters. The third-order valence-electron chi connectivity index (χ3n) is 6.65. The van der Waals surface area contributed by atoms with Gasteiger partial charge >= 0.3 is 0 Å². The quantitative estimate of drug-likeness (QED) is 0.234. The molecule has 4 aromatic rings. The molecule has 2 heterocycles. The molecule has 12 heteroatoms. The second-order valence-electron chi connectivity index (χ2n) is 9.41. The number of carbonyl (C=O) groups is 2. The van der Waals surface area contributed by atoms with Gasteiger partial charge in [0.05, 0.1) is 31.2 Å². The van der Waals surface area contributed by atoms with E-state index in [0.717, 1.165) is 27.1 Å². The molecule has 0 aliphatic carbocycles. The summed E-state index contributed by atoms with van der Waals surface area (Å²) < 4.78 is 13.5. The molecule has 2 amide bonds. The summed E-state index contributed by atoms with van der Waals surface area (Å²) in [5.41, 5.74) is 2.78. The lowest BCUT2D eigenvalue weighted by atomic mass is 9.98. The number of hydrazone groups is 1. The molecular weight excluding hydrogens is 620 g/mol. The van der Waals surface area contributed by atoms with E-state index in [1.807, 2.05) is 66.7 Å². The van der Waals surface area contributed by atoms with Crippen LogP contribution in [-0.4, -0.2) is 56.8 Å². The molecule has 0 spiro atoms. The summed E-state index contributed by atoms with van der Waals surface area (Å²) in [4.78, 5) is 25.7. The zero-order valence-electron chi connectivity index (χ0n) is 23.1. The molecule has 0 bridgehead atoms. The minimum atomic E-state index is -0.274. The predicted octanol–water partition coefficient (Wildman–Crippen LogP) is 4.75. The van der Waals surface area contributed by atoms with E-state index in [-0.39, 0.29) is 36.8 Å². The van der Waals surface area contributed by atoms with Crippen LogP contribution in [0.15, 0.2) is 93.6 Å². The highest BCUT2D eigenvalue weighted by atomic mass is 79.9. The van der Waals surface area contributed by atoms with Crippen LogP contribution in [0.25, 0.3) is 0 Å². The maximum atomic E-state index is 13.5. The number of methoxy groups -OCH3 is 1. The number of aromatic nitrogens is 3. The number of halogens is 1. The lowest BCUT2D eigenvalue weighted by Gasteiger charge is -2.22. The number of ether oxygens (including phenoxy) is 2. The van der Waals surface area contributed by atoms with Gasteiger partial charge in [-0.05, 0) is 47.5 Å². The van der Waals surface area contributed by atoms with E-state index in [1.165, 1.54) is 11.8 Å². The van der Waals surface area contributed by atoms with Gasteiger partial charge in [-0.2, -0.15) is 5.10 Å². The Morgan fingerprint density at radius 1 is 1.00 bits per heavy atom. The Balaban J connectivity index is 1.22. The second-order valence-corrected chi connectivity index (χ2v) is 11.3. The summed E-state index contributed by atoms with van der Waals surface area (Å²) >= 11 is 4.75. The number of nitrogens with one attached hydrogen (secondary N) is 1. The highest BCUT2D eigenvalue weighted by Crippen LogP contribution is 2.34. The molecule has 5 rings (SSSR count). The zero-order valence-corrected chi connectivity index (χ0v) is 25.5. The molecule has 0 radical (unpaired) electrons. The minimum absolute atomic E-state index is 0.105. The molecule has 3 aromatic carbocycles. The van der Waals surface area contributed by atoms with E-state index in [2.05, 4.69) is 31.4 Å². The predicted molar refractivity (Wildman–Crippen MR) is 163 cm³/mol. The molecule has 216 valence electrons. The average molecular weight is 650 g/mol. The normalized spacial score (nSPS) is 14.4. The van der Waals surface area contributed by atoms with Gasteiger partial charge in [-0.1, -0.05) is 70.2 Å².